The standard InChI is InChI=1S/C16H36O5Si3/c1-13(2)15(17)18-16(20-23(7,8)9,21-24(10,11)12)14(3)19-22(4,5)6/h14H,1H2,2-12H3. The van der Waals surface area contributed by atoms with Crippen molar-refractivity contribution in [2.24, 2.45) is 0 Å². The van der Waals surface area contributed by atoms with Gasteiger partial charge in [-0.15, -0.1) is 0 Å². The molecule has 0 aliphatic carbocycles. The summed E-state index contributed by atoms with van der Waals surface area (Å²) in [4.78, 5) is 12.3. The first-order chi connectivity index (χ1) is 10.4. The lowest BCUT2D eigenvalue weighted by Gasteiger charge is -2.45. The highest BCUT2D eigenvalue weighted by Crippen LogP contribution is 2.33. The molecule has 0 radical (unpaired) electrons. The summed E-state index contributed by atoms with van der Waals surface area (Å²) in [6, 6.07) is 0. The maximum atomic E-state index is 12.3. The van der Waals surface area contributed by atoms with Crippen molar-refractivity contribution in [2.45, 2.75) is 84.8 Å². The molecular weight excluding hydrogens is 356 g/mol. The monoisotopic (exact) mass is 392 g/mol. The Kier molecular flexibility index (Phi) is 7.88. The molecule has 0 N–H and O–H groups in total. The first-order valence-electron chi connectivity index (χ1n) is 8.34. The molecule has 0 spiro atoms. The van der Waals surface area contributed by atoms with Crippen LogP contribution in [0.25, 0.3) is 0 Å². The Morgan fingerprint density at radius 2 is 1.25 bits per heavy atom. The Labute approximate surface area is 151 Å². The van der Waals surface area contributed by atoms with E-state index >= 15 is 0 Å². The number of carbonyl (C=O) groups is 1. The maximum Gasteiger partial charge on any atom is 0.337 e. The van der Waals surface area contributed by atoms with Crippen molar-refractivity contribution in [2.75, 3.05) is 0 Å². The third-order valence-corrected chi connectivity index (χ3v) is 5.36. The van der Waals surface area contributed by atoms with Crippen LogP contribution in [0.3, 0.4) is 0 Å². The minimum Gasteiger partial charge on any atom is -0.406 e. The molecule has 0 aromatic heterocycles. The Hall–Kier alpha value is -0.259. The van der Waals surface area contributed by atoms with E-state index in [0.717, 1.165) is 0 Å². The Morgan fingerprint density at radius 3 is 1.50 bits per heavy atom. The van der Waals surface area contributed by atoms with Crippen molar-refractivity contribution in [3.8, 4) is 0 Å². The fourth-order valence-electron chi connectivity index (χ4n) is 1.98. The van der Waals surface area contributed by atoms with E-state index in [1.807, 2.05) is 46.2 Å². The fourth-order valence-corrected chi connectivity index (χ4v) is 5.48. The van der Waals surface area contributed by atoms with E-state index in [0.29, 0.717) is 5.57 Å². The zero-order chi connectivity index (χ0) is 19.6. The Bertz CT molecular complexity index is 442. The molecule has 5 nitrogen and oxygen atoms in total. The van der Waals surface area contributed by atoms with Gasteiger partial charge in [0.2, 0.25) is 0 Å². The lowest BCUT2D eigenvalue weighted by molar-refractivity contribution is -0.327. The van der Waals surface area contributed by atoms with Crippen LogP contribution in [-0.2, 0) is 22.8 Å². The lowest BCUT2D eigenvalue weighted by Crippen LogP contribution is -2.60. The Morgan fingerprint density at radius 1 is 0.875 bits per heavy atom. The summed E-state index contributed by atoms with van der Waals surface area (Å²) in [6.45, 7) is 25.6. The molecule has 0 aliphatic heterocycles. The first-order valence-corrected chi connectivity index (χ1v) is 18.6. The van der Waals surface area contributed by atoms with Gasteiger partial charge in [-0.05, 0) is 72.8 Å². The van der Waals surface area contributed by atoms with E-state index in [4.69, 9.17) is 18.0 Å². The van der Waals surface area contributed by atoms with E-state index in [9.17, 15) is 4.79 Å². The molecule has 0 amide bonds. The number of esters is 1. The van der Waals surface area contributed by atoms with Crippen LogP contribution in [0.2, 0.25) is 58.9 Å². The molecule has 0 aromatic carbocycles. The number of hydrogen-bond donors (Lipinski definition) is 0. The smallest absolute Gasteiger partial charge is 0.337 e. The molecule has 0 heterocycles. The van der Waals surface area contributed by atoms with Gasteiger partial charge in [0.05, 0.1) is 0 Å². The summed E-state index contributed by atoms with van der Waals surface area (Å²) in [7, 11) is -6.11. The normalized spacial score (nSPS) is 15.1. The molecule has 1 unspecified atom stereocenters. The minimum atomic E-state index is -2.11. The van der Waals surface area contributed by atoms with E-state index in [2.05, 4.69) is 26.2 Å². The van der Waals surface area contributed by atoms with Gasteiger partial charge in [0.1, 0.15) is 6.10 Å². The first kappa shape index (κ1) is 23.7. The van der Waals surface area contributed by atoms with Crippen LogP contribution in [0.5, 0.6) is 0 Å². The summed E-state index contributed by atoms with van der Waals surface area (Å²) in [5.41, 5.74) is 0.304. The second kappa shape index (κ2) is 7.96. The molecule has 0 aromatic rings. The lowest BCUT2D eigenvalue weighted by atomic mass is 10.3. The summed E-state index contributed by atoms with van der Waals surface area (Å²) in [5.74, 6) is -2.07. The van der Waals surface area contributed by atoms with Crippen LogP contribution in [-0.4, -0.2) is 43.0 Å². The molecule has 24 heavy (non-hydrogen) atoms. The van der Waals surface area contributed by atoms with Gasteiger partial charge in [-0.25, -0.2) is 4.79 Å². The van der Waals surface area contributed by atoms with E-state index in [1.165, 1.54) is 0 Å². The quantitative estimate of drug-likeness (QED) is 0.246. The van der Waals surface area contributed by atoms with Crippen molar-refractivity contribution in [1.29, 1.82) is 0 Å². The van der Waals surface area contributed by atoms with Gasteiger partial charge in [0.25, 0.3) is 0 Å². The molecule has 8 heteroatoms. The van der Waals surface area contributed by atoms with Crippen LogP contribution in [0.4, 0.5) is 0 Å². The van der Waals surface area contributed by atoms with Crippen LogP contribution >= 0.6 is 0 Å². The highest BCUT2D eigenvalue weighted by molar-refractivity contribution is 6.71. The van der Waals surface area contributed by atoms with Crippen molar-refractivity contribution in [3.63, 3.8) is 0 Å². The second-order valence-corrected chi connectivity index (χ2v) is 22.4. The van der Waals surface area contributed by atoms with Crippen molar-refractivity contribution in [3.05, 3.63) is 12.2 Å². The number of rotatable bonds is 9. The zero-order valence-corrected chi connectivity index (χ0v) is 20.3. The van der Waals surface area contributed by atoms with Gasteiger partial charge in [0.15, 0.2) is 25.0 Å². The molecule has 0 rings (SSSR count). The number of hydrogen-bond acceptors (Lipinski definition) is 5. The van der Waals surface area contributed by atoms with Crippen molar-refractivity contribution < 1.29 is 22.8 Å². The molecule has 0 bridgehead atoms. The molecule has 0 aliphatic rings. The summed E-state index contributed by atoms with van der Waals surface area (Å²) >= 11 is 0. The van der Waals surface area contributed by atoms with Crippen molar-refractivity contribution in [1.82, 2.24) is 0 Å². The van der Waals surface area contributed by atoms with Gasteiger partial charge in [0, 0.05) is 5.57 Å². The molecule has 0 fully saturated rings. The van der Waals surface area contributed by atoms with Crippen LogP contribution in [0.15, 0.2) is 12.2 Å². The summed E-state index contributed by atoms with van der Waals surface area (Å²) in [5, 5.41) is 0. The predicted octanol–water partition coefficient (Wildman–Crippen LogP) is 4.70. The van der Waals surface area contributed by atoms with Crippen molar-refractivity contribution >= 4 is 30.9 Å². The highest BCUT2D eigenvalue weighted by Gasteiger charge is 2.51. The van der Waals surface area contributed by atoms with E-state index in [-0.39, 0.29) is 0 Å². The Balaban J connectivity index is 5.99. The average molecular weight is 393 g/mol. The second-order valence-electron chi connectivity index (χ2n) is 9.07. The highest BCUT2D eigenvalue weighted by atomic mass is 28.4. The number of ether oxygens (including phenoxy) is 1. The van der Waals surface area contributed by atoms with Crippen LogP contribution in [0.1, 0.15) is 13.8 Å². The number of carbonyl (C=O) groups excluding carboxylic acids is 1. The van der Waals surface area contributed by atoms with Gasteiger partial charge in [-0.1, -0.05) is 6.58 Å². The third-order valence-electron chi connectivity index (χ3n) is 2.51. The topological polar surface area (TPSA) is 54.0 Å². The predicted molar refractivity (Wildman–Crippen MR) is 106 cm³/mol. The average Bonchev–Trinajstić information content (AvgIpc) is 2.20. The van der Waals surface area contributed by atoms with Crippen LogP contribution < -0.4 is 0 Å². The van der Waals surface area contributed by atoms with E-state index < -0.39 is 43.0 Å². The molecule has 142 valence electrons. The molecular formula is C16H36O5Si3. The van der Waals surface area contributed by atoms with Gasteiger partial charge >= 0.3 is 11.9 Å². The molecule has 0 saturated carbocycles. The summed E-state index contributed by atoms with van der Waals surface area (Å²) < 4.78 is 24.5. The minimum absolute atomic E-state index is 0.304. The fraction of sp³-hybridized carbons (Fsp3) is 0.812. The molecule has 1 atom stereocenters. The van der Waals surface area contributed by atoms with E-state index in [1.54, 1.807) is 6.92 Å². The largest absolute Gasteiger partial charge is 0.406 e. The van der Waals surface area contributed by atoms with Gasteiger partial charge < -0.3 is 18.0 Å². The third kappa shape index (κ3) is 9.28. The van der Waals surface area contributed by atoms with Gasteiger partial charge in [-0.2, -0.15) is 0 Å². The van der Waals surface area contributed by atoms with Crippen LogP contribution in [0, 0.1) is 0 Å². The SMILES string of the molecule is C=C(C)C(=O)OC(O[Si](C)(C)C)(O[Si](C)(C)C)C(C)O[Si](C)(C)C. The summed E-state index contributed by atoms with van der Waals surface area (Å²) in [6.07, 6.45) is -0.536. The molecule has 0 saturated heterocycles. The zero-order valence-electron chi connectivity index (χ0n) is 17.3. The maximum absolute atomic E-state index is 12.3. The van der Waals surface area contributed by atoms with Gasteiger partial charge in [-0.3, -0.25) is 0 Å².